The second-order valence-electron chi connectivity index (χ2n) is 5.02. The second-order valence-corrected chi connectivity index (χ2v) is 5.02. The summed E-state index contributed by atoms with van der Waals surface area (Å²) in [7, 11) is 0. The maximum Gasteiger partial charge on any atom is 0.315 e. The van der Waals surface area contributed by atoms with E-state index in [2.05, 4.69) is 38.3 Å². The van der Waals surface area contributed by atoms with Crippen molar-refractivity contribution in [2.24, 2.45) is 10.8 Å². The highest BCUT2D eigenvalue weighted by atomic mass is 16.2. The third-order valence-electron chi connectivity index (χ3n) is 4.12. The van der Waals surface area contributed by atoms with Crippen LogP contribution in [0.3, 0.4) is 0 Å². The number of carbonyl (C=O) groups excluding carboxylic acids is 1. The minimum absolute atomic E-state index is 0.0105. The Hall–Kier alpha value is -0.730. The first-order valence-corrected chi connectivity index (χ1v) is 4.44. The van der Waals surface area contributed by atoms with Crippen LogP contribution in [0.5, 0.6) is 0 Å². The molecule has 2 amide bonds. The molecule has 1 aliphatic heterocycles. The molecule has 0 radical (unpaired) electrons. The van der Waals surface area contributed by atoms with Crippen molar-refractivity contribution >= 4 is 6.03 Å². The van der Waals surface area contributed by atoms with Crippen LogP contribution in [-0.4, -0.2) is 18.1 Å². The molecule has 3 heteroatoms. The lowest BCUT2D eigenvalue weighted by Gasteiger charge is -2.61. The summed E-state index contributed by atoms with van der Waals surface area (Å²) in [5.74, 6) is 0. The summed E-state index contributed by atoms with van der Waals surface area (Å²) in [5, 5.41) is 5.90. The zero-order valence-electron chi connectivity index (χ0n) is 8.06. The molecule has 68 valence electrons. The van der Waals surface area contributed by atoms with Crippen LogP contribution < -0.4 is 10.6 Å². The smallest absolute Gasteiger partial charge is 0.315 e. The van der Waals surface area contributed by atoms with Crippen LogP contribution in [0, 0.1) is 10.8 Å². The topological polar surface area (TPSA) is 41.1 Å². The van der Waals surface area contributed by atoms with Gasteiger partial charge >= 0.3 is 6.03 Å². The molecule has 0 unspecified atom stereocenters. The summed E-state index contributed by atoms with van der Waals surface area (Å²) in [6, 6.07) is 0.628. The SMILES string of the molecule is CC1(C)[C@@H]2NC(=O)N[C@@H]2C1(C)C. The number of carbonyl (C=O) groups is 1. The highest BCUT2D eigenvalue weighted by Crippen LogP contribution is 2.57. The van der Waals surface area contributed by atoms with E-state index in [9.17, 15) is 4.79 Å². The third-order valence-corrected chi connectivity index (χ3v) is 4.12. The number of fused-ring (bicyclic) bond motifs is 1. The third kappa shape index (κ3) is 0.609. The summed E-state index contributed by atoms with van der Waals surface area (Å²) < 4.78 is 0. The molecule has 2 rings (SSSR count). The lowest BCUT2D eigenvalue weighted by molar-refractivity contribution is -0.0747. The summed E-state index contributed by atoms with van der Waals surface area (Å²) in [5.41, 5.74) is 0.410. The molecule has 2 atom stereocenters. The summed E-state index contributed by atoms with van der Waals surface area (Å²) in [4.78, 5) is 11.1. The van der Waals surface area contributed by atoms with E-state index >= 15 is 0 Å². The first-order valence-electron chi connectivity index (χ1n) is 4.44. The number of amides is 2. The Morgan fingerprint density at radius 1 is 1.00 bits per heavy atom. The Labute approximate surface area is 72.9 Å². The lowest BCUT2D eigenvalue weighted by Crippen LogP contribution is -2.70. The highest BCUT2D eigenvalue weighted by molar-refractivity contribution is 5.78. The quantitative estimate of drug-likeness (QED) is 0.559. The van der Waals surface area contributed by atoms with Gasteiger partial charge in [-0.25, -0.2) is 4.79 Å². The molecule has 0 spiro atoms. The predicted octanol–water partition coefficient (Wildman–Crippen LogP) is 1.10. The standard InChI is InChI=1S/C9H16N2O/c1-8(2)5-6(9(8,3)4)11-7(12)10-5/h5-6H,1-4H3,(H2,10,11,12)/t5-,6+. The average Bonchev–Trinajstić information content (AvgIpc) is 2.30. The summed E-state index contributed by atoms with van der Waals surface area (Å²) in [6.45, 7) is 8.84. The van der Waals surface area contributed by atoms with Gasteiger partial charge in [0.25, 0.3) is 0 Å². The molecular formula is C9H16N2O. The van der Waals surface area contributed by atoms with Gasteiger partial charge in [-0.1, -0.05) is 27.7 Å². The molecule has 0 bridgehead atoms. The Balaban J connectivity index is 2.29. The maximum atomic E-state index is 11.1. The minimum Gasteiger partial charge on any atom is -0.333 e. The van der Waals surface area contributed by atoms with Crippen molar-refractivity contribution in [1.29, 1.82) is 0 Å². The summed E-state index contributed by atoms with van der Waals surface area (Å²) in [6.07, 6.45) is 0. The van der Waals surface area contributed by atoms with Crippen LogP contribution in [0.2, 0.25) is 0 Å². The zero-order valence-corrected chi connectivity index (χ0v) is 8.06. The fourth-order valence-electron chi connectivity index (χ4n) is 2.39. The van der Waals surface area contributed by atoms with E-state index in [4.69, 9.17) is 0 Å². The van der Waals surface area contributed by atoms with Crippen molar-refractivity contribution < 1.29 is 4.79 Å². The molecule has 0 aromatic rings. The van der Waals surface area contributed by atoms with Gasteiger partial charge in [0.05, 0.1) is 12.1 Å². The van der Waals surface area contributed by atoms with Crippen LogP contribution in [0.15, 0.2) is 0 Å². The molecule has 2 fully saturated rings. The van der Waals surface area contributed by atoms with Gasteiger partial charge in [0.15, 0.2) is 0 Å². The first-order chi connectivity index (χ1) is 5.37. The number of hydrogen-bond acceptors (Lipinski definition) is 1. The van der Waals surface area contributed by atoms with Gasteiger partial charge in [-0.3, -0.25) is 0 Å². The molecule has 1 heterocycles. The number of rotatable bonds is 0. The Morgan fingerprint density at radius 2 is 1.33 bits per heavy atom. The van der Waals surface area contributed by atoms with E-state index in [0.717, 1.165) is 0 Å². The van der Waals surface area contributed by atoms with Gasteiger partial charge in [-0.15, -0.1) is 0 Å². The van der Waals surface area contributed by atoms with Crippen molar-refractivity contribution in [2.75, 3.05) is 0 Å². The molecule has 12 heavy (non-hydrogen) atoms. The predicted molar refractivity (Wildman–Crippen MR) is 46.8 cm³/mol. The van der Waals surface area contributed by atoms with Crippen molar-refractivity contribution in [3.63, 3.8) is 0 Å². The molecule has 1 saturated heterocycles. The van der Waals surface area contributed by atoms with E-state index in [1.165, 1.54) is 0 Å². The number of urea groups is 1. The number of nitrogens with one attached hydrogen (secondary N) is 2. The van der Waals surface area contributed by atoms with Crippen LogP contribution in [-0.2, 0) is 0 Å². The van der Waals surface area contributed by atoms with Gasteiger partial charge in [0.1, 0.15) is 0 Å². The molecular weight excluding hydrogens is 152 g/mol. The Morgan fingerprint density at radius 3 is 1.67 bits per heavy atom. The van der Waals surface area contributed by atoms with Crippen LogP contribution in [0.1, 0.15) is 27.7 Å². The molecule has 2 N–H and O–H groups in total. The average molecular weight is 168 g/mol. The van der Waals surface area contributed by atoms with E-state index < -0.39 is 0 Å². The molecule has 1 saturated carbocycles. The van der Waals surface area contributed by atoms with E-state index in [0.29, 0.717) is 12.1 Å². The van der Waals surface area contributed by atoms with E-state index in [1.54, 1.807) is 0 Å². The van der Waals surface area contributed by atoms with E-state index in [-0.39, 0.29) is 16.9 Å². The minimum atomic E-state index is -0.0105. The largest absolute Gasteiger partial charge is 0.333 e. The van der Waals surface area contributed by atoms with Crippen molar-refractivity contribution in [3.8, 4) is 0 Å². The van der Waals surface area contributed by atoms with Gasteiger partial charge in [-0.2, -0.15) is 0 Å². The highest BCUT2D eigenvalue weighted by Gasteiger charge is 2.65. The van der Waals surface area contributed by atoms with Crippen LogP contribution in [0.25, 0.3) is 0 Å². The Bertz CT molecular complexity index is 221. The van der Waals surface area contributed by atoms with Gasteiger partial charge in [0.2, 0.25) is 0 Å². The number of hydrogen-bond donors (Lipinski definition) is 2. The van der Waals surface area contributed by atoms with Crippen molar-refractivity contribution in [1.82, 2.24) is 10.6 Å². The maximum absolute atomic E-state index is 11.1. The van der Waals surface area contributed by atoms with Crippen LogP contribution in [0.4, 0.5) is 4.79 Å². The molecule has 3 nitrogen and oxygen atoms in total. The normalized spacial score (nSPS) is 40.8. The molecule has 1 aliphatic carbocycles. The van der Waals surface area contributed by atoms with Gasteiger partial charge in [-0.05, 0) is 10.8 Å². The fraction of sp³-hybridized carbons (Fsp3) is 0.889. The molecule has 2 aliphatic rings. The monoisotopic (exact) mass is 168 g/mol. The van der Waals surface area contributed by atoms with Gasteiger partial charge < -0.3 is 10.6 Å². The van der Waals surface area contributed by atoms with Crippen molar-refractivity contribution in [3.05, 3.63) is 0 Å². The first kappa shape index (κ1) is 7.90. The summed E-state index contributed by atoms with van der Waals surface area (Å²) >= 11 is 0. The fourth-order valence-corrected chi connectivity index (χ4v) is 2.39. The van der Waals surface area contributed by atoms with Gasteiger partial charge in [0, 0.05) is 0 Å². The molecule has 0 aromatic heterocycles. The second kappa shape index (κ2) is 1.78. The molecule has 0 aromatic carbocycles. The van der Waals surface area contributed by atoms with Crippen LogP contribution >= 0.6 is 0 Å². The van der Waals surface area contributed by atoms with Crippen molar-refractivity contribution in [2.45, 2.75) is 39.8 Å². The Kier molecular flexibility index (Phi) is 1.17. The lowest BCUT2D eigenvalue weighted by atomic mass is 9.47. The van der Waals surface area contributed by atoms with E-state index in [1.807, 2.05) is 0 Å². The zero-order chi connectivity index (χ0) is 9.15.